The first kappa shape index (κ1) is 10.3. The number of benzene rings is 1. The van der Waals surface area contributed by atoms with Crippen molar-refractivity contribution in [2.75, 3.05) is 7.11 Å². The normalized spacial score (nSPS) is 11.5. The average molecular weight is 189 g/mol. The van der Waals surface area contributed by atoms with Crippen LogP contribution in [0.25, 0.3) is 0 Å². The highest BCUT2D eigenvalue weighted by Crippen LogP contribution is 2.26. The minimum atomic E-state index is -0.252. The van der Waals surface area contributed by atoms with Crippen LogP contribution in [-0.2, 0) is 4.79 Å². The molecule has 0 aromatic heterocycles. The zero-order chi connectivity index (χ0) is 10.6. The second-order valence-corrected chi connectivity index (χ2v) is 2.99. The first-order valence-electron chi connectivity index (χ1n) is 4.26. The predicted molar refractivity (Wildman–Crippen MR) is 52.2 cm³/mol. The van der Waals surface area contributed by atoms with Crippen LogP contribution in [0.2, 0.25) is 0 Å². The number of hydrogen-bond donors (Lipinski definition) is 0. The second kappa shape index (κ2) is 4.43. The minimum absolute atomic E-state index is 0.252. The van der Waals surface area contributed by atoms with E-state index in [1.807, 2.05) is 6.07 Å². The molecule has 1 atom stereocenters. The lowest BCUT2D eigenvalue weighted by molar-refractivity contribution is -0.108. The maximum atomic E-state index is 10.6. The SMILES string of the molecule is COc1ccc(C#N)cc1C(C)C=O. The van der Waals surface area contributed by atoms with Crippen molar-refractivity contribution in [3.8, 4) is 11.8 Å². The van der Waals surface area contributed by atoms with Crippen LogP contribution in [0.5, 0.6) is 5.75 Å². The maximum absolute atomic E-state index is 10.6. The van der Waals surface area contributed by atoms with E-state index in [0.717, 1.165) is 11.8 Å². The van der Waals surface area contributed by atoms with Crippen molar-refractivity contribution >= 4 is 6.29 Å². The first-order valence-corrected chi connectivity index (χ1v) is 4.26. The summed E-state index contributed by atoms with van der Waals surface area (Å²) in [7, 11) is 1.54. The Hall–Kier alpha value is -1.82. The van der Waals surface area contributed by atoms with Crippen LogP contribution in [0.15, 0.2) is 18.2 Å². The summed E-state index contributed by atoms with van der Waals surface area (Å²) in [6.45, 7) is 1.77. The first-order chi connectivity index (χ1) is 6.72. The number of aldehydes is 1. The van der Waals surface area contributed by atoms with Crippen LogP contribution in [0, 0.1) is 11.3 Å². The van der Waals surface area contributed by atoms with Gasteiger partial charge in [-0.05, 0) is 18.2 Å². The zero-order valence-corrected chi connectivity index (χ0v) is 8.15. The molecule has 0 bridgehead atoms. The van der Waals surface area contributed by atoms with E-state index in [0.29, 0.717) is 11.3 Å². The number of carbonyl (C=O) groups excluding carboxylic acids is 1. The van der Waals surface area contributed by atoms with Crippen molar-refractivity contribution in [1.29, 1.82) is 5.26 Å². The molecule has 0 aliphatic heterocycles. The van der Waals surface area contributed by atoms with Gasteiger partial charge in [-0.1, -0.05) is 6.92 Å². The third-order valence-electron chi connectivity index (χ3n) is 2.05. The van der Waals surface area contributed by atoms with Gasteiger partial charge in [-0.25, -0.2) is 0 Å². The minimum Gasteiger partial charge on any atom is -0.496 e. The molecule has 0 aliphatic rings. The molecule has 0 saturated heterocycles. The number of rotatable bonds is 3. The molecule has 72 valence electrons. The van der Waals surface area contributed by atoms with Gasteiger partial charge < -0.3 is 9.53 Å². The smallest absolute Gasteiger partial charge is 0.127 e. The molecule has 0 saturated carbocycles. The summed E-state index contributed by atoms with van der Waals surface area (Å²) in [6.07, 6.45) is 0.832. The van der Waals surface area contributed by atoms with Gasteiger partial charge in [0, 0.05) is 11.5 Å². The van der Waals surface area contributed by atoms with Gasteiger partial charge in [0.05, 0.1) is 18.7 Å². The molecule has 0 spiro atoms. The van der Waals surface area contributed by atoms with Gasteiger partial charge >= 0.3 is 0 Å². The number of carbonyl (C=O) groups is 1. The highest BCUT2D eigenvalue weighted by Gasteiger charge is 2.10. The van der Waals surface area contributed by atoms with Gasteiger partial charge in [0.2, 0.25) is 0 Å². The fraction of sp³-hybridized carbons (Fsp3) is 0.273. The molecule has 0 amide bonds. The Labute approximate surface area is 82.9 Å². The highest BCUT2D eigenvalue weighted by atomic mass is 16.5. The molecule has 14 heavy (non-hydrogen) atoms. The number of ether oxygens (including phenoxy) is 1. The molecule has 0 radical (unpaired) electrons. The quantitative estimate of drug-likeness (QED) is 0.682. The summed E-state index contributed by atoms with van der Waals surface area (Å²) in [4.78, 5) is 10.6. The van der Waals surface area contributed by atoms with E-state index in [1.165, 1.54) is 0 Å². The van der Waals surface area contributed by atoms with E-state index in [-0.39, 0.29) is 5.92 Å². The molecule has 1 aromatic rings. The molecular formula is C11H11NO2. The van der Waals surface area contributed by atoms with Crippen LogP contribution in [0.3, 0.4) is 0 Å². The largest absolute Gasteiger partial charge is 0.496 e. The number of nitriles is 1. The average Bonchev–Trinajstić information content (AvgIpc) is 2.27. The van der Waals surface area contributed by atoms with E-state index in [4.69, 9.17) is 10.00 Å². The zero-order valence-electron chi connectivity index (χ0n) is 8.15. The maximum Gasteiger partial charge on any atom is 0.127 e. The fourth-order valence-corrected chi connectivity index (χ4v) is 1.23. The summed E-state index contributed by atoms with van der Waals surface area (Å²) >= 11 is 0. The highest BCUT2D eigenvalue weighted by molar-refractivity contribution is 5.64. The van der Waals surface area contributed by atoms with Crippen molar-refractivity contribution in [3.63, 3.8) is 0 Å². The van der Waals surface area contributed by atoms with Crippen molar-refractivity contribution in [2.24, 2.45) is 0 Å². The van der Waals surface area contributed by atoms with Gasteiger partial charge in [-0.3, -0.25) is 0 Å². The summed E-state index contributed by atoms with van der Waals surface area (Å²) in [6, 6.07) is 7.07. The predicted octanol–water partition coefficient (Wildman–Crippen LogP) is 1.87. The number of hydrogen-bond acceptors (Lipinski definition) is 3. The van der Waals surface area contributed by atoms with Gasteiger partial charge in [0.1, 0.15) is 12.0 Å². The molecule has 1 unspecified atom stereocenters. The molecule has 0 N–H and O–H groups in total. The van der Waals surface area contributed by atoms with E-state index in [1.54, 1.807) is 32.2 Å². The molecule has 0 heterocycles. The third-order valence-corrected chi connectivity index (χ3v) is 2.05. The van der Waals surface area contributed by atoms with Crippen molar-refractivity contribution in [3.05, 3.63) is 29.3 Å². The van der Waals surface area contributed by atoms with Crippen LogP contribution < -0.4 is 4.74 Å². The van der Waals surface area contributed by atoms with Crippen molar-refractivity contribution in [1.82, 2.24) is 0 Å². The Morgan fingerprint density at radius 1 is 1.57 bits per heavy atom. The van der Waals surface area contributed by atoms with E-state index in [9.17, 15) is 4.79 Å². The summed E-state index contributed by atoms with van der Waals surface area (Å²) in [5.41, 5.74) is 1.29. The lowest BCUT2D eigenvalue weighted by atomic mass is 9.99. The van der Waals surface area contributed by atoms with Crippen LogP contribution >= 0.6 is 0 Å². The topological polar surface area (TPSA) is 50.1 Å². The Morgan fingerprint density at radius 2 is 2.29 bits per heavy atom. The van der Waals surface area contributed by atoms with Gasteiger partial charge in [-0.15, -0.1) is 0 Å². The van der Waals surface area contributed by atoms with Crippen molar-refractivity contribution in [2.45, 2.75) is 12.8 Å². The molecule has 0 aliphatic carbocycles. The summed E-state index contributed by atoms with van der Waals surface area (Å²) in [5.74, 6) is 0.391. The van der Waals surface area contributed by atoms with E-state index in [2.05, 4.69) is 0 Å². The molecule has 3 heteroatoms. The van der Waals surface area contributed by atoms with Gasteiger partial charge in [-0.2, -0.15) is 5.26 Å². The Kier molecular flexibility index (Phi) is 3.24. The lowest BCUT2D eigenvalue weighted by Crippen LogP contribution is -1.99. The molecular weight excluding hydrogens is 178 g/mol. The van der Waals surface area contributed by atoms with Crippen LogP contribution in [-0.4, -0.2) is 13.4 Å². The van der Waals surface area contributed by atoms with E-state index >= 15 is 0 Å². The lowest BCUT2D eigenvalue weighted by Gasteiger charge is -2.10. The molecule has 0 fully saturated rings. The summed E-state index contributed by atoms with van der Waals surface area (Å²) in [5, 5.41) is 8.70. The standard InChI is InChI=1S/C11H11NO2/c1-8(7-13)10-5-9(6-12)3-4-11(10)14-2/h3-5,7-8H,1-2H3. The fourth-order valence-electron chi connectivity index (χ4n) is 1.23. The third kappa shape index (κ3) is 1.91. The molecule has 1 aromatic carbocycles. The number of nitrogens with zero attached hydrogens (tertiary/aromatic N) is 1. The Balaban J connectivity index is 3.22. The van der Waals surface area contributed by atoms with Gasteiger partial charge in [0.15, 0.2) is 0 Å². The van der Waals surface area contributed by atoms with Crippen LogP contribution in [0.4, 0.5) is 0 Å². The Morgan fingerprint density at radius 3 is 2.79 bits per heavy atom. The summed E-state index contributed by atoms with van der Waals surface area (Å²) < 4.78 is 5.10. The van der Waals surface area contributed by atoms with Crippen LogP contribution in [0.1, 0.15) is 24.0 Å². The number of methoxy groups -OCH3 is 1. The van der Waals surface area contributed by atoms with Crippen molar-refractivity contribution < 1.29 is 9.53 Å². The van der Waals surface area contributed by atoms with Gasteiger partial charge in [0.25, 0.3) is 0 Å². The van der Waals surface area contributed by atoms with E-state index < -0.39 is 0 Å². The molecule has 1 rings (SSSR count). The second-order valence-electron chi connectivity index (χ2n) is 2.99. The molecule has 3 nitrogen and oxygen atoms in total. The monoisotopic (exact) mass is 189 g/mol. The Bertz CT molecular complexity index is 379.